The number of hydrogen-bond donors (Lipinski definition) is 2. The Kier molecular flexibility index (Phi) is 4.42. The van der Waals surface area contributed by atoms with E-state index in [9.17, 15) is 4.79 Å². The Labute approximate surface area is 122 Å². The average Bonchev–Trinajstić information content (AvgIpc) is 2.78. The van der Waals surface area contributed by atoms with Crippen molar-refractivity contribution < 1.29 is 4.79 Å². The molecule has 0 saturated carbocycles. The van der Waals surface area contributed by atoms with Gasteiger partial charge in [0.15, 0.2) is 5.82 Å². The largest absolute Gasteiger partial charge is 0.334 e. The van der Waals surface area contributed by atoms with Crippen molar-refractivity contribution in [3.63, 3.8) is 0 Å². The smallest absolute Gasteiger partial charge is 0.320 e. The summed E-state index contributed by atoms with van der Waals surface area (Å²) in [4.78, 5) is 11.6. The van der Waals surface area contributed by atoms with Crippen LogP contribution < -0.4 is 10.6 Å². The molecule has 0 radical (unpaired) electrons. The summed E-state index contributed by atoms with van der Waals surface area (Å²) in [5.41, 5.74) is 1.74. The predicted molar refractivity (Wildman–Crippen MR) is 80.5 cm³/mol. The van der Waals surface area contributed by atoms with Gasteiger partial charge in [-0.1, -0.05) is 17.7 Å². The summed E-state index contributed by atoms with van der Waals surface area (Å²) in [6.45, 7) is 5.82. The fraction of sp³-hybridized carbons (Fsp3) is 0.143. The van der Waals surface area contributed by atoms with Crippen molar-refractivity contribution >= 4 is 23.4 Å². The molecule has 6 heteroatoms. The molecule has 2 aromatic rings. The molecule has 0 spiro atoms. The van der Waals surface area contributed by atoms with Gasteiger partial charge >= 0.3 is 6.03 Å². The Morgan fingerprint density at radius 3 is 2.80 bits per heavy atom. The lowest BCUT2D eigenvalue weighted by molar-refractivity contribution is 0.253. The van der Waals surface area contributed by atoms with Gasteiger partial charge in [0, 0.05) is 23.3 Å². The highest BCUT2D eigenvalue weighted by molar-refractivity contribution is 6.30. The fourth-order valence-electron chi connectivity index (χ4n) is 1.63. The number of anilines is 1. The molecular formula is C14H15ClN4O. The van der Waals surface area contributed by atoms with E-state index in [1.54, 1.807) is 22.9 Å². The van der Waals surface area contributed by atoms with Gasteiger partial charge in [0.1, 0.15) is 0 Å². The molecule has 2 rings (SSSR count). The van der Waals surface area contributed by atoms with Gasteiger partial charge in [-0.2, -0.15) is 0 Å². The zero-order valence-corrected chi connectivity index (χ0v) is 11.8. The topological polar surface area (TPSA) is 59.0 Å². The third-order valence-corrected chi connectivity index (χ3v) is 2.88. The van der Waals surface area contributed by atoms with E-state index in [-0.39, 0.29) is 6.03 Å². The van der Waals surface area contributed by atoms with Crippen molar-refractivity contribution in [3.05, 3.63) is 53.7 Å². The minimum absolute atomic E-state index is 0.311. The lowest BCUT2D eigenvalue weighted by atomic mass is 10.3. The van der Waals surface area contributed by atoms with E-state index in [1.807, 2.05) is 25.3 Å². The van der Waals surface area contributed by atoms with Crippen LogP contribution in [0.5, 0.6) is 0 Å². The number of nitrogens with one attached hydrogen (secondary N) is 2. The summed E-state index contributed by atoms with van der Waals surface area (Å²) >= 11 is 5.85. The lowest BCUT2D eigenvalue weighted by Crippen LogP contribution is -2.29. The highest BCUT2D eigenvalue weighted by atomic mass is 35.5. The van der Waals surface area contributed by atoms with Gasteiger partial charge in [-0.3, -0.25) is 5.32 Å². The van der Waals surface area contributed by atoms with Crippen molar-refractivity contribution in [2.24, 2.45) is 0 Å². The minimum atomic E-state index is -0.311. The van der Waals surface area contributed by atoms with Crippen LogP contribution in [-0.2, 0) is 0 Å². The molecule has 104 valence electrons. The van der Waals surface area contributed by atoms with Gasteiger partial charge < -0.3 is 5.32 Å². The van der Waals surface area contributed by atoms with E-state index >= 15 is 0 Å². The molecule has 0 fully saturated rings. The number of hydrogen-bond acceptors (Lipinski definition) is 2. The summed E-state index contributed by atoms with van der Waals surface area (Å²) in [7, 11) is 0. The standard InChI is InChI=1S/C14H15ClN4O/c1-3-8-16-14(20)17-13-10(2)9-19(18-13)12-6-4-11(15)5-7-12/h3-7,9H,1,8H2,2H3,(H2,16,17,18,20). The molecule has 0 aliphatic carbocycles. The van der Waals surface area contributed by atoms with E-state index in [2.05, 4.69) is 22.3 Å². The molecule has 0 saturated heterocycles. The van der Waals surface area contributed by atoms with Gasteiger partial charge in [0.05, 0.1) is 5.69 Å². The molecule has 0 bridgehead atoms. The van der Waals surface area contributed by atoms with Crippen LogP contribution in [-0.4, -0.2) is 22.4 Å². The summed E-state index contributed by atoms with van der Waals surface area (Å²) < 4.78 is 1.69. The Bertz CT molecular complexity index is 619. The second kappa shape index (κ2) is 6.25. The molecule has 1 aromatic heterocycles. The number of benzene rings is 1. The fourth-order valence-corrected chi connectivity index (χ4v) is 1.75. The Morgan fingerprint density at radius 2 is 2.15 bits per heavy atom. The molecule has 2 N–H and O–H groups in total. The number of aryl methyl sites for hydroxylation is 1. The van der Waals surface area contributed by atoms with Crippen LogP contribution in [0.15, 0.2) is 43.1 Å². The number of carbonyl (C=O) groups excluding carboxylic acids is 1. The number of carbonyl (C=O) groups is 1. The van der Waals surface area contributed by atoms with E-state index < -0.39 is 0 Å². The van der Waals surface area contributed by atoms with Gasteiger partial charge in [0.2, 0.25) is 0 Å². The maximum atomic E-state index is 11.6. The van der Waals surface area contributed by atoms with Gasteiger partial charge in [-0.25, -0.2) is 9.48 Å². The quantitative estimate of drug-likeness (QED) is 0.850. The number of aromatic nitrogens is 2. The van der Waals surface area contributed by atoms with Gasteiger partial charge in [-0.15, -0.1) is 11.7 Å². The third kappa shape index (κ3) is 3.39. The maximum absolute atomic E-state index is 11.6. The molecule has 1 heterocycles. The normalized spacial score (nSPS) is 10.1. The first kappa shape index (κ1) is 14.1. The first-order valence-corrected chi connectivity index (χ1v) is 6.46. The third-order valence-electron chi connectivity index (χ3n) is 2.63. The average molecular weight is 291 g/mol. The molecule has 2 amide bonds. The molecule has 0 aliphatic heterocycles. The Hall–Kier alpha value is -2.27. The van der Waals surface area contributed by atoms with Gasteiger partial charge in [0.25, 0.3) is 0 Å². The van der Waals surface area contributed by atoms with Crippen LogP contribution in [0.3, 0.4) is 0 Å². The summed E-state index contributed by atoms with van der Waals surface area (Å²) in [5.74, 6) is 0.515. The zero-order chi connectivity index (χ0) is 14.5. The molecule has 5 nitrogen and oxygen atoms in total. The minimum Gasteiger partial charge on any atom is -0.334 e. The molecule has 0 unspecified atom stereocenters. The second-order valence-electron chi connectivity index (χ2n) is 4.21. The second-order valence-corrected chi connectivity index (χ2v) is 4.64. The zero-order valence-electron chi connectivity index (χ0n) is 11.1. The van der Waals surface area contributed by atoms with E-state index in [0.29, 0.717) is 17.4 Å². The summed E-state index contributed by atoms with van der Waals surface area (Å²) in [6.07, 6.45) is 3.45. The Morgan fingerprint density at radius 1 is 1.45 bits per heavy atom. The summed E-state index contributed by atoms with van der Waals surface area (Å²) in [5, 5.41) is 10.3. The van der Waals surface area contributed by atoms with Crippen LogP contribution >= 0.6 is 11.6 Å². The van der Waals surface area contributed by atoms with Crippen LogP contribution in [0.4, 0.5) is 10.6 Å². The lowest BCUT2D eigenvalue weighted by Gasteiger charge is -2.04. The maximum Gasteiger partial charge on any atom is 0.320 e. The van der Waals surface area contributed by atoms with Crippen molar-refractivity contribution in [3.8, 4) is 5.69 Å². The molecule has 20 heavy (non-hydrogen) atoms. The summed E-state index contributed by atoms with van der Waals surface area (Å²) in [6, 6.07) is 6.98. The molecule has 1 aromatic carbocycles. The van der Waals surface area contributed by atoms with Crippen LogP contribution in [0.2, 0.25) is 5.02 Å². The number of nitrogens with zero attached hydrogens (tertiary/aromatic N) is 2. The predicted octanol–water partition coefficient (Wildman–Crippen LogP) is 3.14. The van der Waals surface area contributed by atoms with E-state index in [4.69, 9.17) is 11.6 Å². The van der Waals surface area contributed by atoms with Crippen molar-refractivity contribution in [2.45, 2.75) is 6.92 Å². The van der Waals surface area contributed by atoms with E-state index in [0.717, 1.165) is 11.3 Å². The number of rotatable bonds is 4. The first-order chi connectivity index (χ1) is 9.60. The van der Waals surface area contributed by atoms with Crippen LogP contribution in [0, 0.1) is 6.92 Å². The van der Waals surface area contributed by atoms with Crippen molar-refractivity contribution in [1.29, 1.82) is 0 Å². The molecule has 0 aliphatic rings. The van der Waals surface area contributed by atoms with Crippen molar-refractivity contribution in [1.82, 2.24) is 15.1 Å². The SMILES string of the molecule is C=CCNC(=O)Nc1nn(-c2ccc(Cl)cc2)cc1C. The monoisotopic (exact) mass is 290 g/mol. The first-order valence-electron chi connectivity index (χ1n) is 6.08. The van der Waals surface area contributed by atoms with Crippen molar-refractivity contribution in [2.75, 3.05) is 11.9 Å². The Balaban J connectivity index is 2.15. The number of urea groups is 1. The molecular weight excluding hydrogens is 276 g/mol. The van der Waals surface area contributed by atoms with E-state index in [1.165, 1.54) is 0 Å². The van der Waals surface area contributed by atoms with Crippen LogP contribution in [0.25, 0.3) is 5.69 Å². The molecule has 0 atom stereocenters. The van der Waals surface area contributed by atoms with Crippen LogP contribution in [0.1, 0.15) is 5.56 Å². The number of amides is 2. The highest BCUT2D eigenvalue weighted by Crippen LogP contribution is 2.17. The highest BCUT2D eigenvalue weighted by Gasteiger charge is 2.09. The number of halogens is 1. The van der Waals surface area contributed by atoms with Gasteiger partial charge in [-0.05, 0) is 31.2 Å².